The SMILES string of the molecule is CC.CCNC(=O)CCCC(=O)OC(C)COC(C)(C)C(C)O. The molecule has 0 saturated carbocycles. The molecule has 0 saturated heterocycles. The van der Waals surface area contributed by atoms with Gasteiger partial charge >= 0.3 is 5.97 Å². The maximum Gasteiger partial charge on any atom is 0.306 e. The normalized spacial score (nSPS) is 13.4. The van der Waals surface area contributed by atoms with E-state index in [-0.39, 0.29) is 31.0 Å². The lowest BCUT2D eigenvalue weighted by molar-refractivity contribution is -0.159. The minimum atomic E-state index is -0.682. The van der Waals surface area contributed by atoms with E-state index in [0.29, 0.717) is 19.4 Å². The minimum absolute atomic E-state index is 0.0552. The Bertz CT molecular complexity index is 329. The number of ether oxygens (including phenoxy) is 2. The summed E-state index contributed by atoms with van der Waals surface area (Å²) in [6.45, 7) is 13.6. The number of rotatable bonds is 10. The molecule has 0 radical (unpaired) electrons. The van der Waals surface area contributed by atoms with Crippen LogP contribution in [-0.4, -0.2) is 47.9 Å². The average molecular weight is 333 g/mol. The summed E-state index contributed by atoms with van der Waals surface area (Å²) in [6, 6.07) is 0. The van der Waals surface area contributed by atoms with Gasteiger partial charge in [-0.1, -0.05) is 13.8 Å². The fraction of sp³-hybridized carbons (Fsp3) is 0.882. The second-order valence-electron chi connectivity index (χ2n) is 5.70. The maximum absolute atomic E-state index is 11.6. The molecule has 2 N–H and O–H groups in total. The molecule has 2 atom stereocenters. The lowest BCUT2D eigenvalue weighted by atomic mass is 10.0. The summed E-state index contributed by atoms with van der Waals surface area (Å²) in [5.74, 6) is -0.398. The second-order valence-corrected chi connectivity index (χ2v) is 5.70. The fourth-order valence-electron chi connectivity index (χ4n) is 1.45. The molecule has 0 aromatic carbocycles. The minimum Gasteiger partial charge on any atom is -0.460 e. The zero-order valence-electron chi connectivity index (χ0n) is 15.8. The first-order valence-electron chi connectivity index (χ1n) is 8.47. The molecular formula is C17H35NO5. The average Bonchev–Trinajstić information content (AvgIpc) is 2.47. The first-order chi connectivity index (χ1) is 10.7. The Hall–Kier alpha value is -1.14. The molecule has 0 heterocycles. The summed E-state index contributed by atoms with van der Waals surface area (Å²) >= 11 is 0. The van der Waals surface area contributed by atoms with Gasteiger partial charge in [0.05, 0.1) is 18.3 Å². The van der Waals surface area contributed by atoms with Crippen molar-refractivity contribution in [1.29, 1.82) is 0 Å². The Morgan fingerprint density at radius 1 is 1.17 bits per heavy atom. The van der Waals surface area contributed by atoms with Crippen LogP contribution in [0.3, 0.4) is 0 Å². The summed E-state index contributed by atoms with van der Waals surface area (Å²) in [5.41, 5.74) is -0.682. The van der Waals surface area contributed by atoms with E-state index in [0.717, 1.165) is 0 Å². The Balaban J connectivity index is 0. The van der Waals surface area contributed by atoms with Gasteiger partial charge in [-0.2, -0.15) is 0 Å². The van der Waals surface area contributed by atoms with E-state index in [9.17, 15) is 14.7 Å². The number of hydrogen-bond acceptors (Lipinski definition) is 5. The van der Waals surface area contributed by atoms with E-state index in [1.54, 1.807) is 27.7 Å². The Labute approximate surface area is 140 Å². The van der Waals surface area contributed by atoms with E-state index in [1.165, 1.54) is 0 Å². The van der Waals surface area contributed by atoms with Crippen LogP contribution >= 0.6 is 0 Å². The van der Waals surface area contributed by atoms with Gasteiger partial charge in [-0.25, -0.2) is 0 Å². The van der Waals surface area contributed by atoms with Gasteiger partial charge in [-0.15, -0.1) is 0 Å². The maximum atomic E-state index is 11.6. The highest BCUT2D eigenvalue weighted by Crippen LogP contribution is 2.15. The highest BCUT2D eigenvalue weighted by Gasteiger charge is 2.26. The van der Waals surface area contributed by atoms with Gasteiger partial charge in [-0.3, -0.25) is 9.59 Å². The van der Waals surface area contributed by atoms with Crippen LogP contribution in [0.5, 0.6) is 0 Å². The molecule has 0 aliphatic heterocycles. The molecule has 1 amide bonds. The highest BCUT2D eigenvalue weighted by atomic mass is 16.6. The third-order valence-electron chi connectivity index (χ3n) is 3.19. The van der Waals surface area contributed by atoms with Gasteiger partial charge in [0.25, 0.3) is 0 Å². The molecule has 0 bridgehead atoms. The lowest BCUT2D eigenvalue weighted by Crippen LogP contribution is -2.39. The van der Waals surface area contributed by atoms with Crippen LogP contribution in [0.4, 0.5) is 0 Å². The molecule has 2 unspecified atom stereocenters. The van der Waals surface area contributed by atoms with E-state index in [1.807, 2.05) is 20.8 Å². The van der Waals surface area contributed by atoms with Gasteiger partial charge < -0.3 is 19.9 Å². The molecule has 0 aliphatic rings. The number of esters is 1. The van der Waals surface area contributed by atoms with Crippen LogP contribution in [0.1, 0.15) is 67.7 Å². The van der Waals surface area contributed by atoms with Crippen molar-refractivity contribution in [1.82, 2.24) is 5.32 Å². The molecule has 0 fully saturated rings. The molecule has 138 valence electrons. The molecule has 6 nitrogen and oxygen atoms in total. The van der Waals surface area contributed by atoms with Crippen LogP contribution in [-0.2, 0) is 19.1 Å². The third-order valence-corrected chi connectivity index (χ3v) is 3.19. The summed E-state index contributed by atoms with van der Waals surface area (Å²) in [6.07, 6.45) is -0.000792. The summed E-state index contributed by atoms with van der Waals surface area (Å²) in [4.78, 5) is 22.8. The standard InChI is InChI=1S/C15H29NO5.C2H6/c1-6-16-13(18)8-7-9-14(19)21-11(2)10-20-15(4,5)12(3)17;1-2/h11-12,17H,6-10H2,1-5H3,(H,16,18);1-2H3. The van der Waals surface area contributed by atoms with Crippen molar-refractivity contribution in [3.05, 3.63) is 0 Å². The zero-order valence-corrected chi connectivity index (χ0v) is 15.8. The summed E-state index contributed by atoms with van der Waals surface area (Å²) < 4.78 is 10.7. The number of hydrogen-bond donors (Lipinski definition) is 2. The molecular weight excluding hydrogens is 298 g/mol. The van der Waals surface area contributed by atoms with Crippen molar-refractivity contribution in [2.75, 3.05) is 13.2 Å². The number of aliphatic hydroxyl groups excluding tert-OH is 1. The van der Waals surface area contributed by atoms with E-state index >= 15 is 0 Å². The number of aliphatic hydroxyl groups is 1. The molecule has 23 heavy (non-hydrogen) atoms. The molecule has 0 rings (SSSR count). The molecule has 6 heteroatoms. The monoisotopic (exact) mass is 333 g/mol. The van der Waals surface area contributed by atoms with Gasteiger partial charge in [0, 0.05) is 19.4 Å². The van der Waals surface area contributed by atoms with Gasteiger partial charge in [0.1, 0.15) is 6.10 Å². The molecule has 0 aromatic rings. The van der Waals surface area contributed by atoms with Gasteiger partial charge in [-0.05, 0) is 41.0 Å². The first kappa shape index (κ1) is 24.1. The van der Waals surface area contributed by atoms with Crippen molar-refractivity contribution in [2.45, 2.75) is 85.5 Å². The van der Waals surface area contributed by atoms with Crippen LogP contribution in [0.25, 0.3) is 0 Å². The topological polar surface area (TPSA) is 84.9 Å². The van der Waals surface area contributed by atoms with Gasteiger partial charge in [0.2, 0.25) is 5.91 Å². The lowest BCUT2D eigenvalue weighted by Gasteiger charge is -2.29. The van der Waals surface area contributed by atoms with E-state index < -0.39 is 11.7 Å². The van der Waals surface area contributed by atoms with Crippen LogP contribution in [0.15, 0.2) is 0 Å². The first-order valence-corrected chi connectivity index (χ1v) is 8.47. The van der Waals surface area contributed by atoms with E-state index in [2.05, 4.69) is 5.32 Å². The Morgan fingerprint density at radius 3 is 2.22 bits per heavy atom. The largest absolute Gasteiger partial charge is 0.460 e. The van der Waals surface area contributed by atoms with Crippen molar-refractivity contribution in [2.24, 2.45) is 0 Å². The molecule has 0 spiro atoms. The smallest absolute Gasteiger partial charge is 0.306 e. The van der Waals surface area contributed by atoms with E-state index in [4.69, 9.17) is 9.47 Å². The van der Waals surface area contributed by atoms with Crippen LogP contribution < -0.4 is 5.32 Å². The third kappa shape index (κ3) is 13.0. The quantitative estimate of drug-likeness (QED) is 0.600. The molecule has 0 aliphatic carbocycles. The van der Waals surface area contributed by atoms with Crippen molar-refractivity contribution in [3.63, 3.8) is 0 Å². The van der Waals surface area contributed by atoms with Gasteiger partial charge in [0.15, 0.2) is 0 Å². The number of amides is 1. The fourth-order valence-corrected chi connectivity index (χ4v) is 1.45. The van der Waals surface area contributed by atoms with Crippen molar-refractivity contribution >= 4 is 11.9 Å². The Kier molecular flexibility index (Phi) is 14.0. The Morgan fingerprint density at radius 2 is 1.74 bits per heavy atom. The number of carbonyl (C=O) groups excluding carboxylic acids is 2. The number of carbonyl (C=O) groups is 2. The van der Waals surface area contributed by atoms with Crippen molar-refractivity contribution < 1.29 is 24.2 Å². The van der Waals surface area contributed by atoms with Crippen molar-refractivity contribution in [3.8, 4) is 0 Å². The highest BCUT2D eigenvalue weighted by molar-refractivity contribution is 5.76. The van der Waals surface area contributed by atoms with Crippen LogP contribution in [0.2, 0.25) is 0 Å². The van der Waals surface area contributed by atoms with Crippen LogP contribution in [0, 0.1) is 0 Å². The predicted molar refractivity (Wildman–Crippen MR) is 91.1 cm³/mol. The predicted octanol–water partition coefficient (Wildman–Crippen LogP) is 2.43. The molecule has 0 aromatic heterocycles. The zero-order chi connectivity index (χ0) is 18.5. The summed E-state index contributed by atoms with van der Waals surface area (Å²) in [5, 5.41) is 12.2. The summed E-state index contributed by atoms with van der Waals surface area (Å²) in [7, 11) is 0. The number of nitrogens with one attached hydrogen (secondary N) is 1. The second kappa shape index (κ2) is 13.3.